The van der Waals surface area contributed by atoms with Crippen LogP contribution in [0.5, 0.6) is 0 Å². The molecule has 0 amide bonds. The van der Waals surface area contributed by atoms with E-state index in [1.54, 1.807) is 0 Å². The molecule has 1 fully saturated rings. The molecule has 0 radical (unpaired) electrons. The molecule has 0 aromatic carbocycles. The number of aromatic nitrogens is 2. The molecule has 24 heavy (non-hydrogen) atoms. The number of rotatable bonds is 6. The van der Waals surface area contributed by atoms with E-state index in [0.29, 0.717) is 6.54 Å². The number of hydrogen-bond acceptors (Lipinski definition) is 4. The van der Waals surface area contributed by atoms with Crippen LogP contribution in [0.3, 0.4) is 0 Å². The van der Waals surface area contributed by atoms with Crippen molar-refractivity contribution >= 4 is 11.9 Å². The molecule has 1 aliphatic heterocycles. The highest BCUT2D eigenvalue weighted by Crippen LogP contribution is 2.24. The van der Waals surface area contributed by atoms with Crippen LogP contribution < -0.4 is 5.32 Å². The van der Waals surface area contributed by atoms with Gasteiger partial charge in [0.1, 0.15) is 0 Å². The second-order valence-corrected chi connectivity index (χ2v) is 6.37. The number of hydrogen-bond donors (Lipinski definition) is 2. The van der Waals surface area contributed by atoms with Crippen molar-refractivity contribution in [3.05, 3.63) is 17.5 Å². The lowest BCUT2D eigenvalue weighted by Gasteiger charge is -2.21. The van der Waals surface area contributed by atoms with Crippen molar-refractivity contribution in [3.8, 4) is 0 Å². The summed E-state index contributed by atoms with van der Waals surface area (Å²) in [5.41, 5.74) is 2.37. The lowest BCUT2D eigenvalue weighted by atomic mass is 9.99. The molecular formula is C17H29N5O2. The molecule has 7 heteroatoms. The van der Waals surface area contributed by atoms with Crippen LogP contribution >= 0.6 is 0 Å². The van der Waals surface area contributed by atoms with E-state index in [1.807, 2.05) is 13.1 Å². The van der Waals surface area contributed by atoms with E-state index >= 15 is 0 Å². The quantitative estimate of drug-likeness (QED) is 0.355. The van der Waals surface area contributed by atoms with Gasteiger partial charge in [0.2, 0.25) is 0 Å². The molecule has 0 aliphatic carbocycles. The van der Waals surface area contributed by atoms with Crippen molar-refractivity contribution in [2.45, 2.75) is 33.6 Å². The highest BCUT2D eigenvalue weighted by molar-refractivity contribution is 5.82. The molecule has 2 N–H and O–H groups in total. The molecular weight excluding hydrogens is 306 g/mol. The maximum Gasteiger partial charge on any atom is 0.310 e. The van der Waals surface area contributed by atoms with E-state index < -0.39 is 0 Å². The maximum absolute atomic E-state index is 11.9. The van der Waals surface area contributed by atoms with E-state index in [9.17, 15) is 4.79 Å². The van der Waals surface area contributed by atoms with Crippen LogP contribution in [0.15, 0.2) is 11.2 Å². The Bertz CT molecular complexity index is 569. The van der Waals surface area contributed by atoms with Gasteiger partial charge in [0, 0.05) is 31.9 Å². The second kappa shape index (κ2) is 8.70. The highest BCUT2D eigenvalue weighted by atomic mass is 16.5. The molecule has 2 atom stereocenters. The SMILES string of the molecule is CCNC(=NCCCc1cn[nH]c1C)N1CC(C)C(C(=O)OC)C1. The topological polar surface area (TPSA) is 82.6 Å². The number of aliphatic imine (C=N–C) groups is 1. The Morgan fingerprint density at radius 1 is 1.54 bits per heavy atom. The van der Waals surface area contributed by atoms with E-state index in [2.05, 4.69) is 34.3 Å². The largest absolute Gasteiger partial charge is 0.469 e. The summed E-state index contributed by atoms with van der Waals surface area (Å²) in [6, 6.07) is 0. The van der Waals surface area contributed by atoms with E-state index in [4.69, 9.17) is 9.73 Å². The Balaban J connectivity index is 1.91. The minimum atomic E-state index is -0.128. The van der Waals surface area contributed by atoms with E-state index in [0.717, 1.165) is 44.1 Å². The summed E-state index contributed by atoms with van der Waals surface area (Å²) in [4.78, 5) is 18.7. The lowest BCUT2D eigenvalue weighted by molar-refractivity contribution is -0.145. The second-order valence-electron chi connectivity index (χ2n) is 6.37. The maximum atomic E-state index is 11.9. The fourth-order valence-electron chi connectivity index (χ4n) is 3.11. The zero-order valence-corrected chi connectivity index (χ0v) is 15.1. The summed E-state index contributed by atoms with van der Waals surface area (Å²) in [6.45, 7) is 9.24. The summed E-state index contributed by atoms with van der Waals surface area (Å²) in [6.07, 6.45) is 3.82. The third-order valence-electron chi connectivity index (χ3n) is 4.55. The zero-order valence-electron chi connectivity index (χ0n) is 15.1. The van der Waals surface area contributed by atoms with Crippen molar-refractivity contribution in [2.24, 2.45) is 16.8 Å². The number of H-pyrrole nitrogens is 1. The van der Waals surface area contributed by atoms with Gasteiger partial charge in [-0.25, -0.2) is 0 Å². The van der Waals surface area contributed by atoms with Crippen LogP contribution in [0.1, 0.15) is 31.5 Å². The molecule has 2 heterocycles. The normalized spacial score (nSPS) is 21.2. The molecule has 0 bridgehead atoms. The third-order valence-corrected chi connectivity index (χ3v) is 4.55. The molecule has 2 rings (SSSR count). The summed E-state index contributed by atoms with van der Waals surface area (Å²) in [5, 5.41) is 10.3. The molecule has 0 saturated carbocycles. The first-order valence-corrected chi connectivity index (χ1v) is 8.66. The number of methoxy groups -OCH3 is 1. The monoisotopic (exact) mass is 335 g/mol. The molecule has 1 aliphatic rings. The summed E-state index contributed by atoms with van der Waals surface area (Å²) < 4.78 is 4.91. The molecule has 7 nitrogen and oxygen atoms in total. The number of aryl methyl sites for hydroxylation is 2. The standard InChI is InChI=1S/C17H29N5O2/c1-5-18-17(19-8-6-7-14-9-20-21-13(14)3)22-10-12(2)15(11-22)16(23)24-4/h9,12,15H,5-8,10-11H2,1-4H3,(H,18,19)(H,20,21). The minimum Gasteiger partial charge on any atom is -0.469 e. The first kappa shape index (κ1) is 18.3. The van der Waals surface area contributed by atoms with Gasteiger partial charge in [-0.2, -0.15) is 5.10 Å². The van der Waals surface area contributed by atoms with Crippen LogP contribution in [0, 0.1) is 18.8 Å². The van der Waals surface area contributed by atoms with Crippen LogP contribution in [0.4, 0.5) is 0 Å². The van der Waals surface area contributed by atoms with Gasteiger partial charge in [-0.15, -0.1) is 0 Å². The average molecular weight is 335 g/mol. The predicted octanol–water partition coefficient (Wildman–Crippen LogP) is 1.36. The Morgan fingerprint density at radius 2 is 2.33 bits per heavy atom. The summed E-state index contributed by atoms with van der Waals surface area (Å²) >= 11 is 0. The zero-order chi connectivity index (χ0) is 17.5. The van der Waals surface area contributed by atoms with Gasteiger partial charge in [0.25, 0.3) is 0 Å². The van der Waals surface area contributed by atoms with Crippen molar-refractivity contribution in [1.29, 1.82) is 0 Å². The Kier molecular flexibility index (Phi) is 6.63. The first-order valence-electron chi connectivity index (χ1n) is 8.66. The molecule has 134 valence electrons. The van der Waals surface area contributed by atoms with Gasteiger partial charge in [-0.3, -0.25) is 14.9 Å². The number of carbonyl (C=O) groups is 1. The van der Waals surface area contributed by atoms with Crippen LogP contribution in [-0.2, 0) is 16.0 Å². The van der Waals surface area contributed by atoms with Crippen molar-refractivity contribution in [1.82, 2.24) is 20.4 Å². The smallest absolute Gasteiger partial charge is 0.310 e. The fourth-order valence-corrected chi connectivity index (χ4v) is 3.11. The van der Waals surface area contributed by atoms with Crippen LogP contribution in [-0.4, -0.2) is 60.3 Å². The third kappa shape index (κ3) is 4.49. The van der Waals surface area contributed by atoms with Crippen LogP contribution in [0.2, 0.25) is 0 Å². The molecule has 1 aromatic rings. The Labute approximate surface area is 143 Å². The average Bonchev–Trinajstić information content (AvgIpc) is 3.15. The van der Waals surface area contributed by atoms with Crippen molar-refractivity contribution < 1.29 is 9.53 Å². The van der Waals surface area contributed by atoms with Crippen LogP contribution in [0.25, 0.3) is 0 Å². The molecule has 2 unspecified atom stereocenters. The van der Waals surface area contributed by atoms with Crippen molar-refractivity contribution in [3.63, 3.8) is 0 Å². The van der Waals surface area contributed by atoms with Crippen molar-refractivity contribution in [2.75, 3.05) is 33.3 Å². The number of guanidine groups is 1. The number of carbonyl (C=O) groups excluding carboxylic acids is 1. The van der Waals surface area contributed by atoms with Gasteiger partial charge < -0.3 is 15.0 Å². The van der Waals surface area contributed by atoms with E-state index in [1.165, 1.54) is 12.7 Å². The molecule has 1 saturated heterocycles. The number of aromatic amines is 1. The van der Waals surface area contributed by atoms with Gasteiger partial charge in [0.05, 0.1) is 19.2 Å². The lowest BCUT2D eigenvalue weighted by Crippen LogP contribution is -2.40. The number of esters is 1. The highest BCUT2D eigenvalue weighted by Gasteiger charge is 2.36. The van der Waals surface area contributed by atoms with Gasteiger partial charge in [-0.1, -0.05) is 6.92 Å². The number of likely N-dealkylation sites (tertiary alicyclic amines) is 1. The summed E-state index contributed by atoms with van der Waals surface area (Å²) in [5.74, 6) is 0.957. The Morgan fingerprint density at radius 3 is 2.96 bits per heavy atom. The number of nitrogens with one attached hydrogen (secondary N) is 2. The predicted molar refractivity (Wildman–Crippen MR) is 93.9 cm³/mol. The molecule has 0 spiro atoms. The van der Waals surface area contributed by atoms with Gasteiger partial charge in [-0.05, 0) is 38.2 Å². The summed E-state index contributed by atoms with van der Waals surface area (Å²) in [7, 11) is 1.45. The van der Waals surface area contributed by atoms with Gasteiger partial charge in [0.15, 0.2) is 5.96 Å². The fraction of sp³-hybridized carbons (Fsp3) is 0.706. The molecule has 1 aromatic heterocycles. The number of nitrogens with zero attached hydrogens (tertiary/aromatic N) is 3. The Hall–Kier alpha value is -2.05. The van der Waals surface area contributed by atoms with Gasteiger partial charge >= 0.3 is 5.97 Å². The first-order chi connectivity index (χ1) is 11.6. The minimum absolute atomic E-state index is 0.0764. The van der Waals surface area contributed by atoms with E-state index in [-0.39, 0.29) is 17.8 Å². The number of ether oxygens (including phenoxy) is 1.